The molecule has 0 heterocycles. The van der Waals surface area contributed by atoms with E-state index < -0.39 is 0 Å². The zero-order chi connectivity index (χ0) is 11.3. The molecular formula is C12H17NO2. The fraction of sp³-hybridized carbons (Fsp3) is 0.333. The lowest BCUT2D eigenvalue weighted by molar-refractivity contribution is 0.266. The fourth-order valence-electron chi connectivity index (χ4n) is 1.19. The van der Waals surface area contributed by atoms with Gasteiger partial charge in [-0.2, -0.15) is 0 Å². The zero-order valence-corrected chi connectivity index (χ0v) is 9.19. The van der Waals surface area contributed by atoms with Crippen LogP contribution in [0.2, 0.25) is 0 Å². The molecule has 1 unspecified atom stereocenters. The van der Waals surface area contributed by atoms with Crippen molar-refractivity contribution in [3.63, 3.8) is 0 Å². The molecule has 0 saturated carbocycles. The summed E-state index contributed by atoms with van der Waals surface area (Å²) in [4.78, 5) is 0. The Morgan fingerprint density at radius 2 is 2.27 bits per heavy atom. The topological polar surface area (TPSA) is 44.5 Å². The van der Waals surface area contributed by atoms with Crippen LogP contribution >= 0.6 is 0 Å². The van der Waals surface area contributed by atoms with Gasteiger partial charge in [-0.25, -0.2) is 0 Å². The summed E-state index contributed by atoms with van der Waals surface area (Å²) in [5, 5.41) is 0. The van der Waals surface area contributed by atoms with Gasteiger partial charge in [0, 0.05) is 18.2 Å². The highest BCUT2D eigenvalue weighted by Crippen LogP contribution is 2.25. The summed E-state index contributed by atoms with van der Waals surface area (Å²) < 4.78 is 10.8. The Bertz CT molecular complexity index is 336. The molecule has 0 aromatic heterocycles. The van der Waals surface area contributed by atoms with Crippen molar-refractivity contribution in [1.82, 2.24) is 0 Å². The van der Waals surface area contributed by atoms with Crippen LogP contribution in [0, 0.1) is 0 Å². The molecular weight excluding hydrogens is 190 g/mol. The Morgan fingerprint density at radius 3 is 2.80 bits per heavy atom. The first-order valence-electron chi connectivity index (χ1n) is 4.87. The maximum Gasteiger partial charge on any atom is 0.128 e. The van der Waals surface area contributed by atoms with Crippen LogP contribution in [0.3, 0.4) is 0 Å². The number of benzene rings is 1. The quantitative estimate of drug-likeness (QED) is 0.752. The number of hydrogen-bond donors (Lipinski definition) is 1. The molecule has 0 aliphatic carbocycles. The highest BCUT2D eigenvalue weighted by Gasteiger charge is 2.06. The first-order chi connectivity index (χ1) is 7.21. The Labute approximate surface area is 90.5 Å². The van der Waals surface area contributed by atoms with Crippen LogP contribution < -0.4 is 15.2 Å². The third-order valence-electron chi connectivity index (χ3n) is 2.14. The Morgan fingerprint density at radius 1 is 1.53 bits per heavy atom. The van der Waals surface area contributed by atoms with E-state index in [0.29, 0.717) is 6.54 Å². The van der Waals surface area contributed by atoms with Crippen LogP contribution in [0.4, 0.5) is 0 Å². The van der Waals surface area contributed by atoms with Crippen molar-refractivity contribution in [3.8, 4) is 11.5 Å². The van der Waals surface area contributed by atoms with E-state index >= 15 is 0 Å². The van der Waals surface area contributed by atoms with Crippen LogP contribution in [-0.4, -0.2) is 13.2 Å². The molecule has 82 valence electrons. The molecule has 0 spiro atoms. The van der Waals surface area contributed by atoms with E-state index in [1.807, 2.05) is 25.1 Å². The van der Waals surface area contributed by atoms with E-state index in [9.17, 15) is 0 Å². The summed E-state index contributed by atoms with van der Waals surface area (Å²) >= 11 is 0. The summed E-state index contributed by atoms with van der Waals surface area (Å²) in [7, 11) is 1.62. The van der Waals surface area contributed by atoms with Gasteiger partial charge in [0.25, 0.3) is 0 Å². The minimum absolute atomic E-state index is 0.0394. The SMILES string of the molecule is C=CC(C)Oc1cc(OC)ccc1CN. The van der Waals surface area contributed by atoms with Gasteiger partial charge in [0.15, 0.2) is 0 Å². The number of hydrogen-bond acceptors (Lipinski definition) is 3. The smallest absolute Gasteiger partial charge is 0.128 e. The monoisotopic (exact) mass is 207 g/mol. The lowest BCUT2D eigenvalue weighted by atomic mass is 10.2. The molecule has 1 aromatic carbocycles. The van der Waals surface area contributed by atoms with Crippen molar-refractivity contribution < 1.29 is 9.47 Å². The van der Waals surface area contributed by atoms with Crippen LogP contribution in [-0.2, 0) is 6.54 Å². The van der Waals surface area contributed by atoms with E-state index in [0.717, 1.165) is 17.1 Å². The number of rotatable bonds is 5. The largest absolute Gasteiger partial charge is 0.497 e. The molecule has 1 atom stereocenters. The summed E-state index contributed by atoms with van der Waals surface area (Å²) in [6, 6.07) is 5.61. The molecule has 1 rings (SSSR count). The van der Waals surface area contributed by atoms with Gasteiger partial charge in [-0.1, -0.05) is 18.7 Å². The molecule has 0 bridgehead atoms. The Balaban J connectivity index is 2.95. The standard InChI is InChI=1S/C12H17NO2/c1-4-9(2)15-12-7-11(14-3)6-5-10(12)8-13/h4-7,9H,1,8,13H2,2-3H3. The van der Waals surface area contributed by atoms with E-state index in [1.54, 1.807) is 13.2 Å². The van der Waals surface area contributed by atoms with Gasteiger partial charge < -0.3 is 15.2 Å². The highest BCUT2D eigenvalue weighted by molar-refractivity contribution is 5.40. The van der Waals surface area contributed by atoms with E-state index in [-0.39, 0.29) is 6.10 Å². The molecule has 0 fully saturated rings. The number of ether oxygens (including phenoxy) is 2. The second-order valence-corrected chi connectivity index (χ2v) is 3.24. The average Bonchev–Trinajstić information content (AvgIpc) is 2.28. The molecule has 3 nitrogen and oxygen atoms in total. The Kier molecular flexibility index (Phi) is 4.18. The van der Waals surface area contributed by atoms with Crippen molar-refractivity contribution in [3.05, 3.63) is 36.4 Å². The molecule has 0 aliphatic heterocycles. The second kappa shape index (κ2) is 5.41. The van der Waals surface area contributed by atoms with Gasteiger partial charge >= 0.3 is 0 Å². The highest BCUT2D eigenvalue weighted by atomic mass is 16.5. The van der Waals surface area contributed by atoms with E-state index in [4.69, 9.17) is 15.2 Å². The van der Waals surface area contributed by atoms with Gasteiger partial charge in [0.2, 0.25) is 0 Å². The third-order valence-corrected chi connectivity index (χ3v) is 2.14. The predicted octanol–water partition coefficient (Wildman–Crippen LogP) is 2.11. The minimum Gasteiger partial charge on any atom is -0.497 e. The molecule has 1 aromatic rings. The summed E-state index contributed by atoms with van der Waals surface area (Å²) in [5.74, 6) is 1.52. The fourth-order valence-corrected chi connectivity index (χ4v) is 1.19. The first kappa shape index (κ1) is 11.6. The lowest BCUT2D eigenvalue weighted by Gasteiger charge is -2.14. The molecule has 0 radical (unpaired) electrons. The second-order valence-electron chi connectivity index (χ2n) is 3.24. The van der Waals surface area contributed by atoms with Gasteiger partial charge in [0.1, 0.15) is 17.6 Å². The number of methoxy groups -OCH3 is 1. The van der Waals surface area contributed by atoms with Crippen LogP contribution in [0.15, 0.2) is 30.9 Å². The maximum absolute atomic E-state index is 5.65. The van der Waals surface area contributed by atoms with Crippen LogP contribution in [0.25, 0.3) is 0 Å². The van der Waals surface area contributed by atoms with Crippen LogP contribution in [0.5, 0.6) is 11.5 Å². The Hall–Kier alpha value is -1.48. The summed E-state index contributed by atoms with van der Waals surface area (Å²) in [6.45, 7) is 6.04. The van der Waals surface area contributed by atoms with Gasteiger partial charge in [-0.15, -0.1) is 0 Å². The van der Waals surface area contributed by atoms with Crippen molar-refractivity contribution in [2.45, 2.75) is 19.6 Å². The minimum atomic E-state index is -0.0394. The summed E-state index contributed by atoms with van der Waals surface area (Å²) in [5.41, 5.74) is 6.58. The third kappa shape index (κ3) is 2.99. The van der Waals surface area contributed by atoms with E-state index in [2.05, 4.69) is 6.58 Å². The van der Waals surface area contributed by atoms with Crippen molar-refractivity contribution in [2.75, 3.05) is 7.11 Å². The van der Waals surface area contributed by atoms with Crippen molar-refractivity contribution in [1.29, 1.82) is 0 Å². The summed E-state index contributed by atoms with van der Waals surface area (Å²) in [6.07, 6.45) is 1.70. The first-order valence-corrected chi connectivity index (χ1v) is 4.87. The molecule has 3 heteroatoms. The molecule has 15 heavy (non-hydrogen) atoms. The predicted molar refractivity (Wildman–Crippen MR) is 61.2 cm³/mol. The number of nitrogens with two attached hydrogens (primary N) is 1. The van der Waals surface area contributed by atoms with Crippen molar-refractivity contribution >= 4 is 0 Å². The van der Waals surface area contributed by atoms with Crippen LogP contribution in [0.1, 0.15) is 12.5 Å². The average molecular weight is 207 g/mol. The molecule has 0 saturated heterocycles. The molecule has 0 aliphatic rings. The molecule has 0 amide bonds. The lowest BCUT2D eigenvalue weighted by Crippen LogP contribution is -2.10. The van der Waals surface area contributed by atoms with Crippen molar-refractivity contribution in [2.24, 2.45) is 5.73 Å². The molecule has 2 N–H and O–H groups in total. The van der Waals surface area contributed by atoms with Gasteiger partial charge in [-0.05, 0) is 13.0 Å². The maximum atomic E-state index is 5.65. The normalized spacial score (nSPS) is 11.9. The van der Waals surface area contributed by atoms with E-state index in [1.165, 1.54) is 0 Å². The van der Waals surface area contributed by atoms with Gasteiger partial charge in [0.05, 0.1) is 7.11 Å². The van der Waals surface area contributed by atoms with Gasteiger partial charge in [-0.3, -0.25) is 0 Å². The zero-order valence-electron chi connectivity index (χ0n) is 9.19.